The lowest BCUT2D eigenvalue weighted by Gasteiger charge is -2.28. The zero-order chi connectivity index (χ0) is 14.4. The highest BCUT2D eigenvalue weighted by molar-refractivity contribution is 5.27. The third-order valence-electron chi connectivity index (χ3n) is 4.28. The number of ether oxygens (including phenoxy) is 1. The molecular formula is C17H28NO2+. The van der Waals surface area contributed by atoms with E-state index in [2.05, 4.69) is 26.0 Å². The van der Waals surface area contributed by atoms with Gasteiger partial charge < -0.3 is 14.7 Å². The fraction of sp³-hybridized carbons (Fsp3) is 0.647. The van der Waals surface area contributed by atoms with Crippen LogP contribution in [0.15, 0.2) is 24.3 Å². The number of nitrogens with one attached hydrogen (secondary N) is 1. The van der Waals surface area contributed by atoms with Gasteiger partial charge in [-0.05, 0) is 42.9 Å². The van der Waals surface area contributed by atoms with E-state index in [4.69, 9.17) is 4.74 Å². The first-order valence-corrected chi connectivity index (χ1v) is 7.90. The van der Waals surface area contributed by atoms with Crippen molar-refractivity contribution in [2.24, 2.45) is 5.92 Å². The van der Waals surface area contributed by atoms with Crippen LogP contribution < -0.4 is 9.64 Å². The summed E-state index contributed by atoms with van der Waals surface area (Å²) in [4.78, 5) is 1.51. The number of hydrogen-bond donors (Lipinski definition) is 2. The summed E-state index contributed by atoms with van der Waals surface area (Å²) >= 11 is 0. The van der Waals surface area contributed by atoms with Crippen molar-refractivity contribution in [1.29, 1.82) is 0 Å². The van der Waals surface area contributed by atoms with Gasteiger partial charge in [0.25, 0.3) is 0 Å². The molecule has 1 unspecified atom stereocenters. The summed E-state index contributed by atoms with van der Waals surface area (Å²) < 4.78 is 5.67. The molecule has 2 rings (SSSR count). The Bertz CT molecular complexity index is 382. The van der Waals surface area contributed by atoms with Gasteiger partial charge in [0.2, 0.25) is 0 Å². The number of aliphatic hydroxyl groups is 1. The number of hydrogen-bond acceptors (Lipinski definition) is 2. The first kappa shape index (κ1) is 15.3. The Morgan fingerprint density at radius 2 is 1.90 bits per heavy atom. The van der Waals surface area contributed by atoms with E-state index in [1.807, 2.05) is 12.1 Å². The smallest absolute Gasteiger partial charge is 0.137 e. The Hall–Kier alpha value is -1.06. The molecule has 1 saturated heterocycles. The molecule has 1 aliphatic rings. The molecule has 1 fully saturated rings. The Balaban J connectivity index is 1.70. The van der Waals surface area contributed by atoms with E-state index in [1.165, 1.54) is 36.4 Å². The molecule has 2 N–H and O–H groups in total. The maximum Gasteiger partial charge on any atom is 0.137 e. The quantitative estimate of drug-likeness (QED) is 0.822. The number of aryl methyl sites for hydroxylation is 1. The van der Waals surface area contributed by atoms with Crippen LogP contribution in [0, 0.1) is 5.92 Å². The topological polar surface area (TPSA) is 33.9 Å². The molecule has 1 heterocycles. The predicted octanol–water partition coefficient (Wildman–Crippen LogP) is 1.30. The lowest BCUT2D eigenvalue weighted by molar-refractivity contribution is -0.909. The van der Waals surface area contributed by atoms with E-state index < -0.39 is 0 Å². The molecule has 1 atom stereocenters. The van der Waals surface area contributed by atoms with Gasteiger partial charge in [-0.25, -0.2) is 0 Å². The van der Waals surface area contributed by atoms with Gasteiger partial charge in [-0.2, -0.15) is 0 Å². The van der Waals surface area contributed by atoms with E-state index in [9.17, 15) is 5.11 Å². The highest BCUT2D eigenvalue weighted by Gasteiger charge is 2.21. The fourth-order valence-electron chi connectivity index (χ4n) is 2.78. The average molecular weight is 278 g/mol. The van der Waals surface area contributed by atoms with Crippen LogP contribution in [0.3, 0.4) is 0 Å². The Morgan fingerprint density at radius 1 is 1.25 bits per heavy atom. The fourth-order valence-corrected chi connectivity index (χ4v) is 2.78. The molecule has 0 amide bonds. The Kier molecular flexibility index (Phi) is 5.86. The molecule has 0 bridgehead atoms. The number of piperidine rings is 1. The lowest BCUT2D eigenvalue weighted by atomic mass is 9.99. The molecule has 3 heteroatoms. The van der Waals surface area contributed by atoms with Crippen molar-refractivity contribution in [3.8, 4) is 5.75 Å². The molecule has 1 aromatic rings. The second-order valence-corrected chi connectivity index (χ2v) is 6.10. The van der Waals surface area contributed by atoms with Crippen LogP contribution in [-0.4, -0.2) is 37.5 Å². The zero-order valence-electron chi connectivity index (χ0n) is 12.8. The molecule has 3 nitrogen and oxygen atoms in total. The standard InChI is InChI=1S/C17H27NO2/c1-3-15-4-6-17(7-5-15)20-13-16(19)12-18-10-8-14(2)9-11-18/h4-7,14,16,19H,3,8-13H2,1-2H3/p+1. The first-order chi connectivity index (χ1) is 9.67. The number of likely N-dealkylation sites (tertiary alicyclic amines) is 1. The van der Waals surface area contributed by atoms with E-state index in [1.54, 1.807) is 0 Å². The monoisotopic (exact) mass is 278 g/mol. The summed E-state index contributed by atoms with van der Waals surface area (Å²) in [6.45, 7) is 8.02. The van der Waals surface area contributed by atoms with Gasteiger partial charge >= 0.3 is 0 Å². The summed E-state index contributed by atoms with van der Waals surface area (Å²) in [7, 11) is 0. The van der Waals surface area contributed by atoms with Crippen LogP contribution in [-0.2, 0) is 6.42 Å². The van der Waals surface area contributed by atoms with Gasteiger partial charge in [-0.1, -0.05) is 26.0 Å². The van der Waals surface area contributed by atoms with Gasteiger partial charge in [0.05, 0.1) is 13.1 Å². The van der Waals surface area contributed by atoms with Crippen molar-refractivity contribution in [3.05, 3.63) is 29.8 Å². The summed E-state index contributed by atoms with van der Waals surface area (Å²) in [5.74, 6) is 1.70. The van der Waals surface area contributed by atoms with Crippen LogP contribution >= 0.6 is 0 Å². The van der Waals surface area contributed by atoms with Gasteiger partial charge in [-0.3, -0.25) is 0 Å². The van der Waals surface area contributed by atoms with Crippen LogP contribution in [0.25, 0.3) is 0 Å². The first-order valence-electron chi connectivity index (χ1n) is 7.90. The minimum atomic E-state index is -0.371. The minimum Gasteiger partial charge on any atom is -0.491 e. The van der Waals surface area contributed by atoms with Crippen molar-refractivity contribution in [2.45, 2.75) is 39.2 Å². The van der Waals surface area contributed by atoms with Crippen molar-refractivity contribution < 1.29 is 14.7 Å². The molecule has 20 heavy (non-hydrogen) atoms. The van der Waals surface area contributed by atoms with Crippen LogP contribution in [0.4, 0.5) is 0 Å². The summed E-state index contributed by atoms with van der Waals surface area (Å²) in [6, 6.07) is 8.14. The Labute approximate surface area is 122 Å². The SMILES string of the molecule is CCc1ccc(OCC(O)C[NH+]2CCC(C)CC2)cc1. The normalized spacial score (nSPS) is 24.4. The van der Waals surface area contributed by atoms with Crippen molar-refractivity contribution in [3.63, 3.8) is 0 Å². The largest absolute Gasteiger partial charge is 0.491 e. The maximum atomic E-state index is 10.1. The molecule has 0 radical (unpaired) electrons. The van der Waals surface area contributed by atoms with Crippen LogP contribution in [0.1, 0.15) is 32.3 Å². The van der Waals surface area contributed by atoms with Gasteiger partial charge in [0.15, 0.2) is 0 Å². The van der Waals surface area contributed by atoms with Crippen LogP contribution in [0.5, 0.6) is 5.75 Å². The second kappa shape index (κ2) is 7.65. The number of aliphatic hydroxyl groups excluding tert-OH is 1. The van der Waals surface area contributed by atoms with E-state index in [0.717, 1.165) is 24.6 Å². The van der Waals surface area contributed by atoms with Crippen molar-refractivity contribution in [2.75, 3.05) is 26.2 Å². The molecule has 0 saturated carbocycles. The zero-order valence-corrected chi connectivity index (χ0v) is 12.8. The van der Waals surface area contributed by atoms with Crippen LogP contribution in [0.2, 0.25) is 0 Å². The second-order valence-electron chi connectivity index (χ2n) is 6.10. The molecule has 0 aromatic heterocycles. The molecule has 1 aromatic carbocycles. The predicted molar refractivity (Wildman–Crippen MR) is 81.3 cm³/mol. The summed E-state index contributed by atoms with van der Waals surface area (Å²) in [5.41, 5.74) is 1.31. The highest BCUT2D eigenvalue weighted by atomic mass is 16.5. The molecule has 0 spiro atoms. The van der Waals surface area contributed by atoms with Gasteiger partial charge in [-0.15, -0.1) is 0 Å². The third kappa shape index (κ3) is 4.80. The maximum absolute atomic E-state index is 10.1. The third-order valence-corrected chi connectivity index (χ3v) is 4.28. The Morgan fingerprint density at radius 3 is 2.50 bits per heavy atom. The van der Waals surface area contributed by atoms with Gasteiger partial charge in [0.1, 0.15) is 25.0 Å². The molecular weight excluding hydrogens is 250 g/mol. The van der Waals surface area contributed by atoms with E-state index in [-0.39, 0.29) is 6.10 Å². The van der Waals surface area contributed by atoms with E-state index >= 15 is 0 Å². The lowest BCUT2D eigenvalue weighted by Crippen LogP contribution is -3.14. The summed E-state index contributed by atoms with van der Waals surface area (Å²) in [6.07, 6.45) is 3.23. The molecule has 112 valence electrons. The highest BCUT2D eigenvalue weighted by Crippen LogP contribution is 2.12. The summed E-state index contributed by atoms with van der Waals surface area (Å²) in [5, 5.41) is 10.1. The number of quaternary nitrogens is 1. The molecule has 1 aliphatic heterocycles. The minimum absolute atomic E-state index is 0.371. The van der Waals surface area contributed by atoms with E-state index in [0.29, 0.717) is 6.61 Å². The van der Waals surface area contributed by atoms with Crippen molar-refractivity contribution in [1.82, 2.24) is 0 Å². The number of rotatable bonds is 6. The molecule has 0 aliphatic carbocycles. The number of benzene rings is 1. The average Bonchev–Trinajstić information content (AvgIpc) is 2.48. The van der Waals surface area contributed by atoms with Crippen molar-refractivity contribution >= 4 is 0 Å². The van der Waals surface area contributed by atoms with Gasteiger partial charge in [0, 0.05) is 0 Å².